The van der Waals surface area contributed by atoms with Crippen LogP contribution in [0.1, 0.15) is 18.9 Å². The third-order valence-corrected chi connectivity index (χ3v) is 2.93. The highest BCUT2D eigenvalue weighted by Gasteiger charge is 2.19. The predicted molar refractivity (Wildman–Crippen MR) is 74.7 cm³/mol. The summed E-state index contributed by atoms with van der Waals surface area (Å²) >= 11 is 0. The number of carboxylic acid groups (broad SMARTS) is 1. The predicted octanol–water partition coefficient (Wildman–Crippen LogP) is 1.70. The standard InChI is InChI=1S/C14H20N2O4/c1-4-12(13(17)18)15-14(19)16(2)9-10-5-7-11(20-3)8-6-10/h5-8,12H,4,9H2,1-3H3,(H,15,19)(H,17,18). The van der Waals surface area contributed by atoms with E-state index < -0.39 is 18.0 Å². The number of hydrogen-bond acceptors (Lipinski definition) is 3. The maximum atomic E-state index is 11.9. The van der Waals surface area contributed by atoms with Crippen LogP contribution < -0.4 is 10.1 Å². The lowest BCUT2D eigenvalue weighted by Gasteiger charge is -2.21. The van der Waals surface area contributed by atoms with Crippen molar-refractivity contribution in [2.75, 3.05) is 14.2 Å². The molecule has 1 unspecified atom stereocenters. The molecule has 0 aliphatic carbocycles. The van der Waals surface area contributed by atoms with Gasteiger partial charge in [0.15, 0.2) is 0 Å². The number of carbonyl (C=O) groups is 2. The van der Waals surface area contributed by atoms with Crippen molar-refractivity contribution in [2.45, 2.75) is 25.9 Å². The van der Waals surface area contributed by atoms with Gasteiger partial charge in [0.25, 0.3) is 0 Å². The maximum Gasteiger partial charge on any atom is 0.326 e. The number of urea groups is 1. The number of amides is 2. The summed E-state index contributed by atoms with van der Waals surface area (Å²) in [6.07, 6.45) is 0.345. The molecule has 1 aromatic rings. The summed E-state index contributed by atoms with van der Waals surface area (Å²) in [6.45, 7) is 2.11. The Kier molecular flexibility index (Phi) is 5.83. The van der Waals surface area contributed by atoms with Crippen molar-refractivity contribution in [3.63, 3.8) is 0 Å². The fraction of sp³-hybridized carbons (Fsp3) is 0.429. The Morgan fingerprint density at radius 2 is 1.95 bits per heavy atom. The quantitative estimate of drug-likeness (QED) is 0.831. The first-order chi connectivity index (χ1) is 9.47. The molecule has 2 amide bonds. The normalized spacial score (nSPS) is 11.6. The Morgan fingerprint density at radius 3 is 2.40 bits per heavy atom. The van der Waals surface area contributed by atoms with Gasteiger partial charge in [-0.3, -0.25) is 0 Å². The van der Waals surface area contributed by atoms with Gasteiger partial charge in [-0.15, -0.1) is 0 Å². The Hall–Kier alpha value is -2.24. The monoisotopic (exact) mass is 280 g/mol. The molecule has 6 heteroatoms. The van der Waals surface area contributed by atoms with E-state index in [2.05, 4.69) is 5.32 Å². The lowest BCUT2D eigenvalue weighted by atomic mass is 10.2. The van der Waals surface area contributed by atoms with Crippen LogP contribution in [0.3, 0.4) is 0 Å². The van der Waals surface area contributed by atoms with Gasteiger partial charge in [0.05, 0.1) is 7.11 Å². The second-order valence-electron chi connectivity index (χ2n) is 4.45. The molecular formula is C14H20N2O4. The zero-order valence-electron chi connectivity index (χ0n) is 11.9. The zero-order chi connectivity index (χ0) is 15.1. The molecule has 110 valence electrons. The average Bonchev–Trinajstić information content (AvgIpc) is 2.44. The number of methoxy groups -OCH3 is 1. The van der Waals surface area contributed by atoms with Crippen LogP contribution in [0.5, 0.6) is 5.75 Å². The molecule has 0 radical (unpaired) electrons. The van der Waals surface area contributed by atoms with E-state index in [-0.39, 0.29) is 0 Å². The van der Waals surface area contributed by atoms with Crippen LogP contribution in [0.25, 0.3) is 0 Å². The molecule has 0 fully saturated rings. The Labute approximate surface area is 118 Å². The van der Waals surface area contributed by atoms with Crippen molar-refractivity contribution < 1.29 is 19.4 Å². The molecule has 6 nitrogen and oxygen atoms in total. The van der Waals surface area contributed by atoms with E-state index in [1.807, 2.05) is 24.3 Å². The van der Waals surface area contributed by atoms with Crippen LogP contribution in [-0.2, 0) is 11.3 Å². The van der Waals surface area contributed by atoms with E-state index >= 15 is 0 Å². The minimum Gasteiger partial charge on any atom is -0.497 e. The molecule has 0 saturated carbocycles. The third kappa shape index (κ3) is 4.46. The van der Waals surface area contributed by atoms with E-state index in [0.29, 0.717) is 13.0 Å². The average molecular weight is 280 g/mol. The Morgan fingerprint density at radius 1 is 1.35 bits per heavy atom. The lowest BCUT2D eigenvalue weighted by Crippen LogP contribution is -2.46. The van der Waals surface area contributed by atoms with E-state index in [9.17, 15) is 9.59 Å². The molecule has 0 bridgehead atoms. The van der Waals surface area contributed by atoms with Crippen LogP contribution in [0.15, 0.2) is 24.3 Å². The summed E-state index contributed by atoms with van der Waals surface area (Å²) in [4.78, 5) is 24.2. The van der Waals surface area contributed by atoms with Crippen molar-refractivity contribution in [2.24, 2.45) is 0 Å². The van der Waals surface area contributed by atoms with Gasteiger partial charge in [0.2, 0.25) is 0 Å². The first kappa shape index (κ1) is 15.8. The van der Waals surface area contributed by atoms with Crippen LogP contribution in [0.2, 0.25) is 0 Å². The molecule has 0 heterocycles. The molecule has 0 aromatic heterocycles. The lowest BCUT2D eigenvalue weighted by molar-refractivity contribution is -0.139. The molecule has 0 aliphatic heterocycles. The summed E-state index contributed by atoms with van der Waals surface area (Å²) in [7, 11) is 3.21. The molecular weight excluding hydrogens is 260 g/mol. The van der Waals surface area contributed by atoms with Gasteiger partial charge in [-0.05, 0) is 24.1 Å². The summed E-state index contributed by atoms with van der Waals surface area (Å²) in [5, 5.41) is 11.4. The van der Waals surface area contributed by atoms with Gasteiger partial charge in [0, 0.05) is 13.6 Å². The largest absolute Gasteiger partial charge is 0.497 e. The molecule has 20 heavy (non-hydrogen) atoms. The van der Waals surface area contributed by atoms with Crippen LogP contribution in [0, 0.1) is 0 Å². The Bertz CT molecular complexity index is 459. The van der Waals surface area contributed by atoms with E-state index in [0.717, 1.165) is 11.3 Å². The van der Waals surface area contributed by atoms with E-state index in [1.165, 1.54) is 4.90 Å². The third-order valence-electron chi connectivity index (χ3n) is 2.93. The van der Waals surface area contributed by atoms with Gasteiger partial charge in [-0.1, -0.05) is 19.1 Å². The van der Waals surface area contributed by atoms with Gasteiger partial charge >= 0.3 is 12.0 Å². The molecule has 1 atom stereocenters. The first-order valence-electron chi connectivity index (χ1n) is 6.35. The summed E-state index contributed by atoms with van der Waals surface area (Å²) in [5.41, 5.74) is 0.937. The van der Waals surface area contributed by atoms with Crippen molar-refractivity contribution in [1.82, 2.24) is 10.2 Å². The van der Waals surface area contributed by atoms with Crippen molar-refractivity contribution in [3.05, 3.63) is 29.8 Å². The molecule has 1 rings (SSSR count). The second-order valence-corrected chi connectivity index (χ2v) is 4.45. The summed E-state index contributed by atoms with van der Waals surface area (Å²) in [6, 6.07) is 6.07. The molecule has 0 saturated heterocycles. The number of aliphatic carboxylic acids is 1. The van der Waals surface area contributed by atoms with Crippen LogP contribution in [0.4, 0.5) is 4.79 Å². The topological polar surface area (TPSA) is 78.9 Å². The number of ether oxygens (including phenoxy) is 1. The Balaban J connectivity index is 2.58. The first-order valence-corrected chi connectivity index (χ1v) is 6.35. The fourth-order valence-corrected chi connectivity index (χ4v) is 1.67. The van der Waals surface area contributed by atoms with Gasteiger partial charge in [-0.25, -0.2) is 9.59 Å². The van der Waals surface area contributed by atoms with Crippen molar-refractivity contribution >= 4 is 12.0 Å². The SMILES string of the molecule is CCC(NC(=O)N(C)Cc1ccc(OC)cc1)C(=O)O. The fourth-order valence-electron chi connectivity index (χ4n) is 1.67. The molecule has 2 N–H and O–H groups in total. The summed E-state index contributed by atoms with van der Waals surface area (Å²) in [5.74, 6) is -0.281. The van der Waals surface area contributed by atoms with Crippen LogP contribution >= 0.6 is 0 Å². The highest BCUT2D eigenvalue weighted by atomic mass is 16.5. The van der Waals surface area contributed by atoms with Gasteiger partial charge in [0.1, 0.15) is 11.8 Å². The smallest absolute Gasteiger partial charge is 0.326 e. The van der Waals surface area contributed by atoms with Gasteiger partial charge < -0.3 is 20.1 Å². The number of rotatable bonds is 6. The maximum absolute atomic E-state index is 11.9. The van der Waals surface area contributed by atoms with Crippen molar-refractivity contribution in [1.29, 1.82) is 0 Å². The zero-order valence-corrected chi connectivity index (χ0v) is 11.9. The number of carbonyl (C=O) groups excluding carboxylic acids is 1. The number of benzene rings is 1. The number of nitrogens with one attached hydrogen (secondary N) is 1. The van der Waals surface area contributed by atoms with E-state index in [1.54, 1.807) is 21.1 Å². The highest BCUT2D eigenvalue weighted by molar-refractivity contribution is 5.82. The molecule has 1 aromatic carbocycles. The van der Waals surface area contributed by atoms with Gasteiger partial charge in [-0.2, -0.15) is 0 Å². The van der Waals surface area contributed by atoms with Crippen LogP contribution in [-0.4, -0.2) is 42.2 Å². The number of hydrogen-bond donors (Lipinski definition) is 2. The van der Waals surface area contributed by atoms with E-state index in [4.69, 9.17) is 9.84 Å². The summed E-state index contributed by atoms with van der Waals surface area (Å²) < 4.78 is 5.06. The number of nitrogens with zero attached hydrogens (tertiary/aromatic N) is 1. The second kappa shape index (κ2) is 7.37. The number of carboxylic acids is 1. The highest BCUT2D eigenvalue weighted by Crippen LogP contribution is 2.12. The molecule has 0 spiro atoms. The minimum atomic E-state index is -1.03. The van der Waals surface area contributed by atoms with Crippen molar-refractivity contribution in [3.8, 4) is 5.75 Å². The molecule has 0 aliphatic rings. The minimum absolute atomic E-state index is 0.345.